The molecule has 0 aliphatic carbocycles. The van der Waals surface area contributed by atoms with E-state index in [1.54, 1.807) is 14.1 Å². The van der Waals surface area contributed by atoms with Gasteiger partial charge < -0.3 is 24.6 Å². The van der Waals surface area contributed by atoms with E-state index in [1.807, 2.05) is 45.0 Å². The highest BCUT2D eigenvalue weighted by atomic mass is 16.6. The third kappa shape index (κ3) is 9.48. The number of amides is 2. The summed E-state index contributed by atoms with van der Waals surface area (Å²) >= 11 is 0. The smallest absolute Gasteiger partial charge is 0.409 e. The highest BCUT2D eigenvalue weighted by molar-refractivity contribution is 5.68. The van der Waals surface area contributed by atoms with Crippen molar-refractivity contribution >= 4 is 17.9 Å². The minimum Gasteiger partial charge on any atom is -0.449 e. The van der Waals surface area contributed by atoms with Gasteiger partial charge in [-0.25, -0.2) is 9.59 Å². The van der Waals surface area contributed by atoms with Gasteiger partial charge in [0.25, 0.3) is 0 Å². The van der Waals surface area contributed by atoms with Crippen molar-refractivity contribution in [1.82, 2.24) is 9.80 Å². The number of rotatable bonds is 8. The van der Waals surface area contributed by atoms with Gasteiger partial charge in [0.1, 0.15) is 6.61 Å². The first-order valence-electron chi connectivity index (χ1n) is 9.59. The quantitative estimate of drug-likeness (QED) is 0.717. The van der Waals surface area contributed by atoms with Crippen LogP contribution >= 0.6 is 0 Å². The lowest BCUT2D eigenvalue weighted by Gasteiger charge is -2.24. The summed E-state index contributed by atoms with van der Waals surface area (Å²) in [5.74, 6) is 0. The molecule has 1 rings (SSSR count). The van der Waals surface area contributed by atoms with Crippen LogP contribution in [0.15, 0.2) is 24.3 Å². The van der Waals surface area contributed by atoms with Gasteiger partial charge in [0.15, 0.2) is 0 Å². The van der Waals surface area contributed by atoms with Crippen LogP contribution in [0.3, 0.4) is 0 Å². The van der Waals surface area contributed by atoms with Crippen molar-refractivity contribution in [3.8, 4) is 0 Å². The zero-order valence-corrected chi connectivity index (χ0v) is 18.2. The van der Waals surface area contributed by atoms with Crippen molar-refractivity contribution in [1.29, 1.82) is 0 Å². The average molecular weight is 394 g/mol. The number of anilines is 1. The van der Waals surface area contributed by atoms with Crippen molar-refractivity contribution in [3.63, 3.8) is 0 Å². The van der Waals surface area contributed by atoms with Crippen molar-refractivity contribution < 1.29 is 19.1 Å². The summed E-state index contributed by atoms with van der Waals surface area (Å²) in [6.45, 7) is 11.4. The molecule has 1 aromatic carbocycles. The van der Waals surface area contributed by atoms with E-state index in [0.29, 0.717) is 25.7 Å². The van der Waals surface area contributed by atoms with Gasteiger partial charge in [-0.1, -0.05) is 32.9 Å². The molecule has 0 aromatic heterocycles. The maximum absolute atomic E-state index is 12.1. The van der Waals surface area contributed by atoms with E-state index in [0.717, 1.165) is 11.3 Å². The molecule has 1 aromatic rings. The van der Waals surface area contributed by atoms with Gasteiger partial charge in [-0.2, -0.15) is 0 Å². The maximum Gasteiger partial charge on any atom is 0.409 e. The predicted molar refractivity (Wildman–Crippen MR) is 111 cm³/mol. The Labute approximate surface area is 169 Å². The fraction of sp³-hybridized carbons (Fsp3) is 0.619. The molecular formula is C21H35N3O4. The second kappa shape index (κ2) is 10.8. The van der Waals surface area contributed by atoms with Crippen molar-refractivity contribution in [2.45, 2.75) is 47.3 Å². The van der Waals surface area contributed by atoms with E-state index in [2.05, 4.69) is 19.2 Å². The third-order valence-corrected chi connectivity index (χ3v) is 3.79. The average Bonchev–Trinajstić information content (AvgIpc) is 2.61. The molecule has 2 amide bonds. The molecule has 0 radical (unpaired) electrons. The number of carbonyl (C=O) groups excluding carboxylic acids is 2. The fourth-order valence-electron chi connectivity index (χ4n) is 2.16. The molecule has 0 saturated carbocycles. The SMILES string of the molecule is CC(C)Nc1ccc(COC(=O)N(C)CCN(C)C(=O)OCC(C)(C)C)cc1. The summed E-state index contributed by atoms with van der Waals surface area (Å²) in [4.78, 5) is 27.0. The van der Waals surface area contributed by atoms with Crippen molar-refractivity contribution in [2.75, 3.05) is 39.1 Å². The van der Waals surface area contributed by atoms with Gasteiger partial charge in [-0.3, -0.25) is 0 Å². The highest BCUT2D eigenvalue weighted by Crippen LogP contribution is 2.14. The van der Waals surface area contributed by atoms with Gasteiger partial charge in [0.05, 0.1) is 6.61 Å². The molecule has 1 N–H and O–H groups in total. The van der Waals surface area contributed by atoms with Crippen LogP contribution in [-0.4, -0.2) is 61.8 Å². The molecule has 0 unspecified atom stereocenters. The van der Waals surface area contributed by atoms with Crippen LogP contribution in [0.2, 0.25) is 0 Å². The number of nitrogens with zero attached hydrogens (tertiary/aromatic N) is 2. The first kappa shape index (κ1) is 23.6. The van der Waals surface area contributed by atoms with Gasteiger partial charge in [0.2, 0.25) is 0 Å². The van der Waals surface area contributed by atoms with E-state index in [9.17, 15) is 9.59 Å². The third-order valence-electron chi connectivity index (χ3n) is 3.79. The van der Waals surface area contributed by atoms with Gasteiger partial charge in [-0.15, -0.1) is 0 Å². The van der Waals surface area contributed by atoms with Crippen LogP contribution in [0.5, 0.6) is 0 Å². The van der Waals surface area contributed by atoms with E-state index >= 15 is 0 Å². The number of carbonyl (C=O) groups is 2. The van der Waals surface area contributed by atoms with Gasteiger partial charge in [-0.05, 0) is 37.0 Å². The first-order valence-corrected chi connectivity index (χ1v) is 9.59. The molecule has 0 bridgehead atoms. The van der Waals surface area contributed by atoms with Crippen molar-refractivity contribution in [3.05, 3.63) is 29.8 Å². The molecule has 0 spiro atoms. The first-order chi connectivity index (χ1) is 13.0. The number of likely N-dealkylation sites (N-methyl/N-ethyl adjacent to an activating group) is 2. The molecule has 7 nitrogen and oxygen atoms in total. The number of nitrogens with one attached hydrogen (secondary N) is 1. The molecule has 7 heteroatoms. The molecule has 28 heavy (non-hydrogen) atoms. The summed E-state index contributed by atoms with van der Waals surface area (Å²) in [6, 6.07) is 8.14. The number of benzene rings is 1. The summed E-state index contributed by atoms with van der Waals surface area (Å²) < 4.78 is 10.6. The summed E-state index contributed by atoms with van der Waals surface area (Å²) in [6.07, 6.45) is -0.826. The Morgan fingerprint density at radius 3 is 1.93 bits per heavy atom. The highest BCUT2D eigenvalue weighted by Gasteiger charge is 2.18. The van der Waals surface area contributed by atoms with Crippen LogP contribution < -0.4 is 5.32 Å². The Morgan fingerprint density at radius 1 is 0.964 bits per heavy atom. The molecular weight excluding hydrogens is 358 g/mol. The fourth-order valence-corrected chi connectivity index (χ4v) is 2.16. The monoisotopic (exact) mass is 393 g/mol. The molecule has 0 heterocycles. The summed E-state index contributed by atoms with van der Waals surface area (Å²) in [5.41, 5.74) is 1.86. The summed E-state index contributed by atoms with van der Waals surface area (Å²) in [5, 5.41) is 3.31. The largest absolute Gasteiger partial charge is 0.449 e. The molecule has 0 aliphatic rings. The van der Waals surface area contributed by atoms with Gasteiger partial charge >= 0.3 is 12.2 Å². The van der Waals surface area contributed by atoms with Crippen molar-refractivity contribution in [2.24, 2.45) is 5.41 Å². The normalized spacial score (nSPS) is 11.1. The zero-order chi connectivity index (χ0) is 21.3. The molecule has 0 atom stereocenters. The van der Waals surface area contributed by atoms with E-state index in [4.69, 9.17) is 9.47 Å². The lowest BCUT2D eigenvalue weighted by atomic mass is 9.99. The van der Waals surface area contributed by atoms with E-state index in [1.165, 1.54) is 9.80 Å². The Morgan fingerprint density at radius 2 is 1.46 bits per heavy atom. The second-order valence-electron chi connectivity index (χ2n) is 8.51. The number of hydrogen-bond donors (Lipinski definition) is 1. The van der Waals surface area contributed by atoms with Crippen LogP contribution in [-0.2, 0) is 16.1 Å². The Balaban J connectivity index is 2.35. The molecule has 0 aliphatic heterocycles. The van der Waals surface area contributed by atoms with Crippen LogP contribution in [0.25, 0.3) is 0 Å². The zero-order valence-electron chi connectivity index (χ0n) is 18.2. The van der Waals surface area contributed by atoms with Crippen LogP contribution in [0, 0.1) is 5.41 Å². The van der Waals surface area contributed by atoms with E-state index < -0.39 is 12.2 Å². The molecule has 158 valence electrons. The minimum absolute atomic E-state index is 0.0832. The second-order valence-corrected chi connectivity index (χ2v) is 8.51. The van der Waals surface area contributed by atoms with Crippen LogP contribution in [0.4, 0.5) is 15.3 Å². The Hall–Kier alpha value is -2.44. The lowest BCUT2D eigenvalue weighted by molar-refractivity contribution is 0.0732. The number of ether oxygens (including phenoxy) is 2. The lowest BCUT2D eigenvalue weighted by Crippen LogP contribution is -2.38. The van der Waals surface area contributed by atoms with Crippen LogP contribution in [0.1, 0.15) is 40.2 Å². The molecule has 0 fully saturated rings. The Kier molecular flexibility index (Phi) is 9.09. The standard InChI is InChI=1S/C21H35N3O4/c1-16(2)22-18-10-8-17(9-11-18)14-27-19(25)23(6)12-13-24(7)20(26)28-15-21(3,4)5/h8-11,16,22H,12-15H2,1-7H3. The van der Waals surface area contributed by atoms with E-state index in [-0.39, 0.29) is 12.0 Å². The minimum atomic E-state index is -0.430. The number of hydrogen-bond acceptors (Lipinski definition) is 5. The molecule has 0 saturated heterocycles. The maximum atomic E-state index is 12.1. The summed E-state index contributed by atoms with van der Waals surface area (Å²) in [7, 11) is 3.29. The predicted octanol–water partition coefficient (Wildman–Crippen LogP) is 4.19. The topological polar surface area (TPSA) is 71.1 Å². The Bertz CT molecular complexity index is 624. The van der Waals surface area contributed by atoms with Gasteiger partial charge in [0, 0.05) is 38.9 Å².